The third-order valence-electron chi connectivity index (χ3n) is 5.28. The summed E-state index contributed by atoms with van der Waals surface area (Å²) in [6.07, 6.45) is 2.59. The Morgan fingerprint density at radius 1 is 1.03 bits per heavy atom. The number of methoxy groups -OCH3 is 1. The first-order valence-electron chi connectivity index (χ1n) is 9.45. The minimum Gasteiger partial charge on any atom is -0.497 e. The number of rotatable bonds is 5. The Labute approximate surface area is 168 Å². The van der Waals surface area contributed by atoms with Crippen LogP contribution in [-0.4, -0.2) is 26.4 Å². The van der Waals surface area contributed by atoms with E-state index in [4.69, 9.17) is 4.74 Å². The molecule has 29 heavy (non-hydrogen) atoms. The third kappa shape index (κ3) is 3.67. The average Bonchev–Trinajstić information content (AvgIpc) is 3.17. The van der Waals surface area contributed by atoms with Crippen molar-refractivity contribution in [1.82, 2.24) is 14.2 Å². The summed E-state index contributed by atoms with van der Waals surface area (Å²) < 4.78 is 8.24. The summed E-state index contributed by atoms with van der Waals surface area (Å²) in [5, 5.41) is 15.1. The van der Waals surface area contributed by atoms with Crippen molar-refractivity contribution in [2.75, 3.05) is 7.11 Å². The molecule has 0 fully saturated rings. The summed E-state index contributed by atoms with van der Waals surface area (Å²) in [6.45, 7) is 4.28. The fourth-order valence-corrected chi connectivity index (χ4v) is 3.33. The summed E-state index contributed by atoms with van der Waals surface area (Å²) in [5.41, 5.74) is 5.12. The molecule has 6 heteroatoms. The van der Waals surface area contributed by atoms with Crippen molar-refractivity contribution in [3.8, 4) is 17.0 Å². The van der Waals surface area contributed by atoms with Gasteiger partial charge in [0, 0.05) is 18.0 Å². The molecule has 0 aliphatic heterocycles. The summed E-state index contributed by atoms with van der Waals surface area (Å²) in [4.78, 5) is 12.9. The number of hydrogen-bond donors (Lipinski definition) is 1. The third-order valence-corrected chi connectivity index (χ3v) is 5.28. The minimum absolute atomic E-state index is 0.159. The molecule has 6 nitrogen and oxygen atoms in total. The fourth-order valence-electron chi connectivity index (χ4n) is 3.33. The number of ether oxygens (including phenoxy) is 1. The van der Waals surface area contributed by atoms with Gasteiger partial charge in [-0.3, -0.25) is 4.79 Å². The minimum atomic E-state index is -0.803. The second-order valence-electron chi connectivity index (χ2n) is 7.20. The van der Waals surface area contributed by atoms with Crippen LogP contribution in [0.3, 0.4) is 0 Å². The Morgan fingerprint density at radius 3 is 2.48 bits per heavy atom. The maximum absolute atomic E-state index is 12.9. The van der Waals surface area contributed by atoms with E-state index in [-0.39, 0.29) is 12.1 Å². The van der Waals surface area contributed by atoms with Gasteiger partial charge in [-0.25, -0.2) is 4.52 Å². The lowest BCUT2D eigenvalue weighted by Crippen LogP contribution is -2.24. The van der Waals surface area contributed by atoms with Crippen molar-refractivity contribution >= 4 is 5.52 Å². The van der Waals surface area contributed by atoms with Crippen molar-refractivity contribution in [2.24, 2.45) is 0 Å². The first-order chi connectivity index (χ1) is 14.0. The first-order valence-corrected chi connectivity index (χ1v) is 9.45. The number of aliphatic hydroxyl groups is 1. The van der Waals surface area contributed by atoms with E-state index in [1.807, 2.05) is 6.07 Å². The molecule has 0 aliphatic rings. The van der Waals surface area contributed by atoms with Gasteiger partial charge in [-0.05, 0) is 54.8 Å². The molecule has 0 saturated heterocycles. The molecule has 2 aromatic heterocycles. The maximum Gasteiger partial charge on any atom is 0.276 e. The molecule has 0 radical (unpaired) electrons. The zero-order valence-electron chi connectivity index (χ0n) is 16.7. The van der Waals surface area contributed by atoms with Gasteiger partial charge in [0.1, 0.15) is 11.3 Å². The van der Waals surface area contributed by atoms with Crippen LogP contribution in [0, 0.1) is 13.8 Å². The van der Waals surface area contributed by atoms with Crippen LogP contribution in [0.25, 0.3) is 16.8 Å². The predicted molar refractivity (Wildman–Crippen MR) is 112 cm³/mol. The van der Waals surface area contributed by atoms with Gasteiger partial charge in [-0.2, -0.15) is 5.10 Å². The molecular weight excluding hydrogens is 366 g/mol. The Balaban J connectivity index is 1.65. The topological polar surface area (TPSA) is 68.8 Å². The fraction of sp³-hybridized carbons (Fsp3) is 0.217. The van der Waals surface area contributed by atoms with Gasteiger partial charge in [-0.15, -0.1) is 0 Å². The molecule has 0 saturated carbocycles. The van der Waals surface area contributed by atoms with Gasteiger partial charge >= 0.3 is 0 Å². The Morgan fingerprint density at radius 2 is 1.79 bits per heavy atom. The quantitative estimate of drug-likeness (QED) is 0.567. The summed E-state index contributed by atoms with van der Waals surface area (Å²) in [6, 6.07) is 15.1. The van der Waals surface area contributed by atoms with Gasteiger partial charge in [0.15, 0.2) is 0 Å². The van der Waals surface area contributed by atoms with Gasteiger partial charge in [0.2, 0.25) is 0 Å². The van der Waals surface area contributed by atoms with Crippen LogP contribution in [-0.2, 0) is 6.54 Å². The lowest BCUT2D eigenvalue weighted by atomic mass is 10.0. The van der Waals surface area contributed by atoms with Crippen LogP contribution in [0.5, 0.6) is 5.75 Å². The van der Waals surface area contributed by atoms with Crippen LogP contribution in [0.15, 0.2) is 65.7 Å². The van der Waals surface area contributed by atoms with Crippen LogP contribution in [0.1, 0.15) is 22.8 Å². The van der Waals surface area contributed by atoms with Gasteiger partial charge in [0.25, 0.3) is 5.56 Å². The predicted octanol–water partition coefficient (Wildman–Crippen LogP) is 3.52. The highest BCUT2D eigenvalue weighted by Crippen LogP contribution is 2.22. The zero-order chi connectivity index (χ0) is 20.5. The molecule has 0 bridgehead atoms. The number of aromatic nitrogens is 3. The van der Waals surface area contributed by atoms with Gasteiger partial charge < -0.3 is 14.4 Å². The van der Waals surface area contributed by atoms with Gasteiger partial charge in [-0.1, -0.05) is 24.3 Å². The molecule has 0 aliphatic carbocycles. The monoisotopic (exact) mass is 389 g/mol. The number of aryl methyl sites for hydroxylation is 2. The molecule has 0 amide bonds. The average molecular weight is 389 g/mol. The second-order valence-corrected chi connectivity index (χ2v) is 7.20. The number of fused-ring (bicyclic) bond motifs is 1. The molecule has 1 N–H and O–H groups in total. The molecule has 4 aromatic rings. The molecule has 4 rings (SSSR count). The van der Waals surface area contributed by atoms with E-state index in [1.54, 1.807) is 54.4 Å². The SMILES string of the molecule is COc1ccc(C(O)Cn2ccn3nc(-c4ccc(C)c(C)c4)cc3c2=O)cc1. The number of benzene rings is 2. The normalized spacial score (nSPS) is 12.3. The van der Waals surface area contributed by atoms with Crippen LogP contribution < -0.4 is 10.3 Å². The molecule has 2 aromatic carbocycles. The Bertz CT molecular complexity index is 1220. The standard InChI is InChI=1S/C23H23N3O3/c1-15-4-5-18(12-16(15)2)20-13-21-23(28)25(10-11-26(21)24-20)14-22(27)17-6-8-19(29-3)9-7-17/h4-13,22,27H,14H2,1-3H3. The highest BCUT2D eigenvalue weighted by atomic mass is 16.5. The lowest BCUT2D eigenvalue weighted by Gasteiger charge is -2.13. The number of hydrogen-bond acceptors (Lipinski definition) is 4. The Kier molecular flexibility index (Phi) is 4.94. The highest BCUT2D eigenvalue weighted by Gasteiger charge is 2.13. The number of nitrogens with zero attached hydrogens (tertiary/aromatic N) is 3. The maximum atomic E-state index is 12.9. The van der Waals surface area contributed by atoms with E-state index in [1.165, 1.54) is 15.7 Å². The molecule has 148 valence electrons. The van der Waals surface area contributed by atoms with Crippen molar-refractivity contribution in [2.45, 2.75) is 26.5 Å². The first kappa shape index (κ1) is 19.0. The van der Waals surface area contributed by atoms with Crippen molar-refractivity contribution in [3.05, 3.63) is 88.0 Å². The van der Waals surface area contributed by atoms with E-state index in [0.29, 0.717) is 5.52 Å². The number of aliphatic hydroxyl groups excluding tert-OH is 1. The van der Waals surface area contributed by atoms with E-state index < -0.39 is 6.10 Å². The highest BCUT2D eigenvalue weighted by molar-refractivity contribution is 5.66. The molecule has 1 atom stereocenters. The van der Waals surface area contributed by atoms with E-state index >= 15 is 0 Å². The van der Waals surface area contributed by atoms with Crippen LogP contribution in [0.4, 0.5) is 0 Å². The summed E-state index contributed by atoms with van der Waals surface area (Å²) in [7, 11) is 1.60. The van der Waals surface area contributed by atoms with Gasteiger partial charge in [0.05, 0.1) is 25.5 Å². The largest absolute Gasteiger partial charge is 0.497 e. The van der Waals surface area contributed by atoms with E-state index in [0.717, 1.165) is 22.6 Å². The zero-order valence-corrected chi connectivity index (χ0v) is 16.7. The lowest BCUT2D eigenvalue weighted by molar-refractivity contribution is 0.155. The smallest absolute Gasteiger partial charge is 0.276 e. The Hall–Kier alpha value is -3.38. The van der Waals surface area contributed by atoms with Crippen LogP contribution in [0.2, 0.25) is 0 Å². The summed E-state index contributed by atoms with van der Waals surface area (Å²) >= 11 is 0. The van der Waals surface area contributed by atoms with Crippen molar-refractivity contribution < 1.29 is 9.84 Å². The van der Waals surface area contributed by atoms with Crippen molar-refractivity contribution in [3.63, 3.8) is 0 Å². The molecule has 1 unspecified atom stereocenters. The summed E-state index contributed by atoms with van der Waals surface area (Å²) in [5.74, 6) is 0.720. The van der Waals surface area contributed by atoms with Crippen LogP contribution >= 0.6 is 0 Å². The molecule has 2 heterocycles. The molecular formula is C23H23N3O3. The van der Waals surface area contributed by atoms with E-state index in [2.05, 4.69) is 31.1 Å². The van der Waals surface area contributed by atoms with Crippen molar-refractivity contribution in [1.29, 1.82) is 0 Å². The second kappa shape index (κ2) is 7.56. The van der Waals surface area contributed by atoms with E-state index in [9.17, 15) is 9.90 Å². The molecule has 0 spiro atoms.